The largest absolute Gasteiger partial charge is 0.383 e. The van der Waals surface area contributed by atoms with Crippen LogP contribution in [0.1, 0.15) is 20.8 Å². The summed E-state index contributed by atoms with van der Waals surface area (Å²) in [6.07, 6.45) is 3.00. The van der Waals surface area contributed by atoms with Crippen LogP contribution in [0, 0.1) is 10.5 Å². The standard InChI is InChI=1S/C15H12IN5OS/c1-8-11-13(17)18-7-19-15(11)23-12(8)14(22)21-20-6-9-2-4-10(16)5-3-9/h2-7H,1H3,(H,21,22)(H2,17,18,19)/b20-6-. The number of nitrogen functional groups attached to an aromatic ring is 1. The molecule has 1 amide bonds. The number of carbonyl (C=O) groups is 1. The first-order chi connectivity index (χ1) is 11.1. The maximum atomic E-state index is 12.3. The number of aromatic nitrogens is 2. The van der Waals surface area contributed by atoms with E-state index in [1.165, 1.54) is 17.7 Å². The zero-order valence-electron chi connectivity index (χ0n) is 12.1. The smallest absolute Gasteiger partial charge is 0.281 e. The molecule has 0 saturated heterocycles. The number of hydrogen-bond acceptors (Lipinski definition) is 6. The van der Waals surface area contributed by atoms with E-state index < -0.39 is 0 Å². The van der Waals surface area contributed by atoms with E-state index in [2.05, 4.69) is 43.1 Å². The van der Waals surface area contributed by atoms with Crippen LogP contribution in [0.15, 0.2) is 35.7 Å². The third-order valence-corrected chi connectivity index (χ3v) is 5.13. The number of nitrogens with one attached hydrogen (secondary N) is 1. The van der Waals surface area contributed by atoms with Gasteiger partial charge in [0.1, 0.15) is 17.0 Å². The summed E-state index contributed by atoms with van der Waals surface area (Å²) < 4.78 is 1.14. The van der Waals surface area contributed by atoms with Gasteiger partial charge in [0.05, 0.1) is 16.5 Å². The number of anilines is 1. The fourth-order valence-corrected chi connectivity index (χ4v) is 3.49. The van der Waals surface area contributed by atoms with Crippen molar-refractivity contribution >= 4 is 62.1 Å². The zero-order valence-corrected chi connectivity index (χ0v) is 15.1. The predicted molar refractivity (Wildman–Crippen MR) is 101 cm³/mol. The summed E-state index contributed by atoms with van der Waals surface area (Å²) in [5.74, 6) is 0.0943. The van der Waals surface area contributed by atoms with Crippen LogP contribution in [0.4, 0.5) is 5.82 Å². The molecule has 0 aliphatic rings. The van der Waals surface area contributed by atoms with E-state index in [0.29, 0.717) is 15.5 Å². The zero-order chi connectivity index (χ0) is 16.4. The normalized spacial score (nSPS) is 11.2. The van der Waals surface area contributed by atoms with Crippen molar-refractivity contribution in [2.75, 3.05) is 5.73 Å². The van der Waals surface area contributed by atoms with E-state index in [1.54, 1.807) is 6.21 Å². The van der Waals surface area contributed by atoms with Crippen molar-refractivity contribution in [3.8, 4) is 0 Å². The molecular formula is C15H12IN5OS. The molecule has 1 aromatic carbocycles. The molecule has 3 aromatic rings. The van der Waals surface area contributed by atoms with Gasteiger partial charge in [0.15, 0.2) is 0 Å². The summed E-state index contributed by atoms with van der Waals surface area (Å²) in [6.45, 7) is 1.83. The summed E-state index contributed by atoms with van der Waals surface area (Å²) in [5.41, 5.74) is 10.1. The van der Waals surface area contributed by atoms with Crippen molar-refractivity contribution < 1.29 is 4.79 Å². The van der Waals surface area contributed by atoms with Crippen molar-refractivity contribution in [3.05, 3.63) is 50.2 Å². The molecular weight excluding hydrogens is 425 g/mol. The Hall–Kier alpha value is -2.07. The molecule has 6 nitrogen and oxygen atoms in total. The maximum Gasteiger partial charge on any atom is 0.281 e. The number of rotatable bonds is 3. The fourth-order valence-electron chi connectivity index (χ4n) is 2.08. The average molecular weight is 437 g/mol. The molecule has 0 atom stereocenters. The van der Waals surface area contributed by atoms with Gasteiger partial charge in [0, 0.05) is 3.57 Å². The second kappa shape index (κ2) is 6.59. The number of carbonyl (C=O) groups excluding carboxylic acids is 1. The number of hydrazone groups is 1. The number of thiophene rings is 1. The van der Waals surface area contributed by atoms with Crippen LogP contribution in [0.3, 0.4) is 0 Å². The second-order valence-electron chi connectivity index (χ2n) is 4.75. The van der Waals surface area contributed by atoms with Gasteiger partial charge in [-0.2, -0.15) is 5.10 Å². The summed E-state index contributed by atoms with van der Waals surface area (Å²) in [7, 11) is 0. The van der Waals surface area contributed by atoms with Crippen LogP contribution in [-0.4, -0.2) is 22.1 Å². The molecule has 2 aromatic heterocycles. The summed E-state index contributed by atoms with van der Waals surface area (Å²) >= 11 is 3.51. The van der Waals surface area contributed by atoms with Gasteiger partial charge in [0.2, 0.25) is 0 Å². The Bertz CT molecular complexity index is 904. The minimum atomic E-state index is -0.285. The van der Waals surface area contributed by atoms with Crippen LogP contribution in [0.5, 0.6) is 0 Å². The Morgan fingerprint density at radius 1 is 1.35 bits per heavy atom. The van der Waals surface area contributed by atoms with E-state index in [4.69, 9.17) is 5.73 Å². The molecule has 3 rings (SSSR count). The minimum absolute atomic E-state index is 0.285. The molecule has 23 heavy (non-hydrogen) atoms. The van der Waals surface area contributed by atoms with Crippen molar-refractivity contribution in [2.45, 2.75) is 6.92 Å². The van der Waals surface area contributed by atoms with Gasteiger partial charge < -0.3 is 5.73 Å². The maximum absolute atomic E-state index is 12.3. The number of amides is 1. The first kappa shape index (κ1) is 15.8. The third-order valence-electron chi connectivity index (χ3n) is 3.21. The molecule has 0 saturated carbocycles. The van der Waals surface area contributed by atoms with Crippen LogP contribution in [0.25, 0.3) is 10.2 Å². The summed E-state index contributed by atoms with van der Waals surface area (Å²) in [6, 6.07) is 7.81. The van der Waals surface area contributed by atoms with Gasteiger partial charge in [-0.3, -0.25) is 4.79 Å². The van der Waals surface area contributed by atoms with Crippen LogP contribution < -0.4 is 11.2 Å². The van der Waals surface area contributed by atoms with Gasteiger partial charge in [-0.05, 0) is 52.8 Å². The van der Waals surface area contributed by atoms with Gasteiger partial charge >= 0.3 is 0 Å². The fraction of sp³-hybridized carbons (Fsp3) is 0.0667. The Kier molecular flexibility index (Phi) is 4.53. The Balaban J connectivity index is 1.80. The van der Waals surface area contributed by atoms with E-state index in [9.17, 15) is 4.79 Å². The first-order valence-electron chi connectivity index (χ1n) is 6.65. The van der Waals surface area contributed by atoms with E-state index in [-0.39, 0.29) is 5.91 Å². The molecule has 0 unspecified atom stereocenters. The molecule has 3 N–H and O–H groups in total. The van der Waals surface area contributed by atoms with Crippen molar-refractivity contribution in [1.29, 1.82) is 0 Å². The van der Waals surface area contributed by atoms with E-state index in [1.807, 2.05) is 31.2 Å². The Labute approximate surface area is 150 Å². The van der Waals surface area contributed by atoms with Gasteiger partial charge in [0.25, 0.3) is 5.91 Å². The molecule has 8 heteroatoms. The van der Waals surface area contributed by atoms with Crippen molar-refractivity contribution in [3.63, 3.8) is 0 Å². The number of nitrogens with zero attached hydrogens (tertiary/aromatic N) is 3. The lowest BCUT2D eigenvalue weighted by Gasteiger charge is -1.99. The molecule has 116 valence electrons. The monoisotopic (exact) mass is 437 g/mol. The van der Waals surface area contributed by atoms with Crippen molar-refractivity contribution in [2.24, 2.45) is 5.10 Å². The molecule has 2 heterocycles. The van der Waals surface area contributed by atoms with Crippen LogP contribution in [-0.2, 0) is 0 Å². The molecule has 0 aliphatic carbocycles. The molecule has 0 spiro atoms. The second-order valence-corrected chi connectivity index (χ2v) is 6.99. The van der Waals surface area contributed by atoms with Crippen LogP contribution >= 0.6 is 33.9 Å². The number of fused-ring (bicyclic) bond motifs is 1. The molecule has 0 bridgehead atoms. The number of nitrogens with two attached hydrogens (primary N) is 1. The number of hydrogen-bond donors (Lipinski definition) is 2. The molecule has 0 fully saturated rings. The van der Waals surface area contributed by atoms with Crippen LogP contribution in [0.2, 0.25) is 0 Å². The highest BCUT2D eigenvalue weighted by Crippen LogP contribution is 2.31. The Morgan fingerprint density at radius 2 is 2.09 bits per heavy atom. The summed E-state index contributed by atoms with van der Waals surface area (Å²) in [4.78, 5) is 21.6. The lowest BCUT2D eigenvalue weighted by molar-refractivity contribution is 0.0958. The predicted octanol–water partition coefficient (Wildman–Crippen LogP) is 2.95. The number of aryl methyl sites for hydroxylation is 1. The van der Waals surface area contributed by atoms with Gasteiger partial charge in [-0.25, -0.2) is 15.4 Å². The highest BCUT2D eigenvalue weighted by Gasteiger charge is 2.17. The Morgan fingerprint density at radius 3 is 2.78 bits per heavy atom. The van der Waals surface area contributed by atoms with Gasteiger partial charge in [-0.15, -0.1) is 11.3 Å². The van der Waals surface area contributed by atoms with Crippen molar-refractivity contribution in [1.82, 2.24) is 15.4 Å². The highest BCUT2D eigenvalue weighted by atomic mass is 127. The topological polar surface area (TPSA) is 93.3 Å². The first-order valence-corrected chi connectivity index (χ1v) is 8.54. The molecule has 0 aliphatic heterocycles. The minimum Gasteiger partial charge on any atom is -0.383 e. The molecule has 0 radical (unpaired) electrons. The SMILES string of the molecule is Cc1c(C(=O)N/N=C\c2ccc(I)cc2)sc2ncnc(N)c12. The van der Waals surface area contributed by atoms with E-state index >= 15 is 0 Å². The van der Waals surface area contributed by atoms with E-state index in [0.717, 1.165) is 20.1 Å². The third kappa shape index (κ3) is 3.32. The number of halogens is 1. The average Bonchev–Trinajstić information content (AvgIpc) is 2.88. The highest BCUT2D eigenvalue weighted by molar-refractivity contribution is 14.1. The lowest BCUT2D eigenvalue weighted by atomic mass is 10.2. The quantitative estimate of drug-likeness (QED) is 0.375. The number of benzene rings is 1. The summed E-state index contributed by atoms with van der Waals surface area (Å²) in [5, 5.41) is 4.72. The lowest BCUT2D eigenvalue weighted by Crippen LogP contribution is -2.17. The van der Waals surface area contributed by atoms with Gasteiger partial charge in [-0.1, -0.05) is 12.1 Å².